The SMILES string of the molecule is Cc1ccccc1CN(C)CC(=O)Nc1cc(Cl)ccc1C. The first-order chi connectivity index (χ1) is 10.5. The number of benzene rings is 2. The van der Waals surface area contributed by atoms with Gasteiger partial charge in [-0.25, -0.2) is 0 Å². The van der Waals surface area contributed by atoms with Gasteiger partial charge in [0.15, 0.2) is 0 Å². The lowest BCUT2D eigenvalue weighted by Crippen LogP contribution is -2.30. The summed E-state index contributed by atoms with van der Waals surface area (Å²) in [5, 5.41) is 3.54. The number of rotatable bonds is 5. The van der Waals surface area contributed by atoms with Crippen molar-refractivity contribution in [1.29, 1.82) is 0 Å². The summed E-state index contributed by atoms with van der Waals surface area (Å²) in [6, 6.07) is 13.7. The Morgan fingerprint density at radius 3 is 2.59 bits per heavy atom. The summed E-state index contributed by atoms with van der Waals surface area (Å²) in [6.07, 6.45) is 0. The van der Waals surface area contributed by atoms with E-state index in [1.807, 2.05) is 43.1 Å². The largest absolute Gasteiger partial charge is 0.325 e. The summed E-state index contributed by atoms with van der Waals surface area (Å²) < 4.78 is 0. The number of nitrogens with one attached hydrogen (secondary N) is 1. The minimum Gasteiger partial charge on any atom is -0.325 e. The van der Waals surface area contributed by atoms with E-state index in [0.717, 1.165) is 17.8 Å². The minimum atomic E-state index is -0.0403. The van der Waals surface area contributed by atoms with E-state index in [1.165, 1.54) is 11.1 Å². The van der Waals surface area contributed by atoms with E-state index in [0.29, 0.717) is 11.6 Å². The van der Waals surface area contributed by atoms with Gasteiger partial charge in [-0.05, 0) is 49.7 Å². The molecule has 3 nitrogen and oxygen atoms in total. The van der Waals surface area contributed by atoms with Gasteiger partial charge < -0.3 is 5.32 Å². The van der Waals surface area contributed by atoms with E-state index < -0.39 is 0 Å². The molecular formula is C18H21ClN2O. The topological polar surface area (TPSA) is 32.3 Å². The fourth-order valence-electron chi connectivity index (χ4n) is 2.30. The molecule has 0 saturated carbocycles. The summed E-state index contributed by atoms with van der Waals surface area (Å²) in [5.74, 6) is -0.0403. The molecule has 116 valence electrons. The van der Waals surface area contributed by atoms with Crippen LogP contribution in [-0.4, -0.2) is 24.4 Å². The summed E-state index contributed by atoms with van der Waals surface area (Å²) in [4.78, 5) is 14.2. The molecule has 0 fully saturated rings. The van der Waals surface area contributed by atoms with Crippen LogP contribution in [0.2, 0.25) is 5.02 Å². The van der Waals surface area contributed by atoms with Crippen LogP contribution in [0.15, 0.2) is 42.5 Å². The van der Waals surface area contributed by atoms with Gasteiger partial charge in [-0.3, -0.25) is 9.69 Å². The van der Waals surface area contributed by atoms with E-state index in [4.69, 9.17) is 11.6 Å². The molecule has 1 N–H and O–H groups in total. The average Bonchev–Trinajstić information content (AvgIpc) is 2.45. The molecule has 0 heterocycles. The van der Waals surface area contributed by atoms with E-state index in [9.17, 15) is 4.79 Å². The number of carbonyl (C=O) groups is 1. The molecule has 0 bridgehead atoms. The van der Waals surface area contributed by atoms with Gasteiger partial charge in [0, 0.05) is 17.3 Å². The monoisotopic (exact) mass is 316 g/mol. The molecule has 0 unspecified atom stereocenters. The molecule has 0 saturated heterocycles. The fraction of sp³-hybridized carbons (Fsp3) is 0.278. The minimum absolute atomic E-state index is 0.0403. The Hall–Kier alpha value is -1.84. The van der Waals surface area contributed by atoms with Crippen LogP contribution in [0.25, 0.3) is 0 Å². The molecule has 4 heteroatoms. The Morgan fingerprint density at radius 2 is 1.86 bits per heavy atom. The summed E-state index contributed by atoms with van der Waals surface area (Å²) in [7, 11) is 1.94. The quantitative estimate of drug-likeness (QED) is 0.903. The molecule has 0 atom stereocenters. The molecule has 0 radical (unpaired) electrons. The first kappa shape index (κ1) is 16.5. The fourth-order valence-corrected chi connectivity index (χ4v) is 2.47. The van der Waals surface area contributed by atoms with E-state index in [2.05, 4.69) is 24.4 Å². The normalized spacial score (nSPS) is 10.8. The third-order valence-corrected chi connectivity index (χ3v) is 3.82. The maximum atomic E-state index is 12.2. The van der Waals surface area contributed by atoms with E-state index in [1.54, 1.807) is 6.07 Å². The lowest BCUT2D eigenvalue weighted by Gasteiger charge is -2.18. The highest BCUT2D eigenvalue weighted by Gasteiger charge is 2.10. The molecule has 0 spiro atoms. The number of nitrogens with zero attached hydrogens (tertiary/aromatic N) is 1. The molecule has 22 heavy (non-hydrogen) atoms. The number of aryl methyl sites for hydroxylation is 2. The van der Waals surface area contributed by atoms with Crippen molar-refractivity contribution in [2.75, 3.05) is 18.9 Å². The van der Waals surface area contributed by atoms with Crippen molar-refractivity contribution >= 4 is 23.2 Å². The van der Waals surface area contributed by atoms with Crippen LogP contribution in [0, 0.1) is 13.8 Å². The predicted octanol–water partition coefficient (Wildman–Crippen LogP) is 4.03. The molecule has 0 aliphatic carbocycles. The van der Waals surface area contributed by atoms with Crippen LogP contribution in [0.4, 0.5) is 5.69 Å². The zero-order chi connectivity index (χ0) is 16.1. The van der Waals surface area contributed by atoms with Crippen molar-refractivity contribution in [3.63, 3.8) is 0 Å². The van der Waals surface area contributed by atoms with Gasteiger partial charge in [-0.1, -0.05) is 41.9 Å². The lowest BCUT2D eigenvalue weighted by atomic mass is 10.1. The first-order valence-electron chi connectivity index (χ1n) is 7.25. The molecule has 0 aliphatic heterocycles. The van der Waals surface area contributed by atoms with Gasteiger partial charge >= 0.3 is 0 Å². The van der Waals surface area contributed by atoms with Crippen molar-refractivity contribution in [3.05, 3.63) is 64.2 Å². The molecule has 0 aromatic heterocycles. The second-order valence-electron chi connectivity index (χ2n) is 5.61. The van der Waals surface area contributed by atoms with Gasteiger partial charge in [0.05, 0.1) is 6.54 Å². The Bertz CT molecular complexity index is 670. The van der Waals surface area contributed by atoms with Crippen LogP contribution in [0.3, 0.4) is 0 Å². The van der Waals surface area contributed by atoms with E-state index >= 15 is 0 Å². The predicted molar refractivity (Wildman–Crippen MR) is 92.3 cm³/mol. The molecule has 0 aliphatic rings. The summed E-state index contributed by atoms with van der Waals surface area (Å²) in [6.45, 7) is 5.11. The number of hydrogen-bond acceptors (Lipinski definition) is 2. The number of halogens is 1. The number of carbonyl (C=O) groups excluding carboxylic acids is 1. The van der Waals surface area contributed by atoms with Crippen molar-refractivity contribution in [1.82, 2.24) is 4.90 Å². The Kier molecular flexibility index (Phi) is 5.58. The smallest absolute Gasteiger partial charge is 0.238 e. The number of amides is 1. The van der Waals surface area contributed by atoms with Crippen LogP contribution in [-0.2, 0) is 11.3 Å². The molecule has 2 aromatic carbocycles. The van der Waals surface area contributed by atoms with Crippen LogP contribution < -0.4 is 5.32 Å². The third-order valence-electron chi connectivity index (χ3n) is 3.59. The highest BCUT2D eigenvalue weighted by atomic mass is 35.5. The Labute approximate surface area is 136 Å². The van der Waals surface area contributed by atoms with Crippen LogP contribution in [0.5, 0.6) is 0 Å². The molecule has 1 amide bonds. The lowest BCUT2D eigenvalue weighted by molar-refractivity contribution is -0.117. The third kappa shape index (κ3) is 4.58. The zero-order valence-electron chi connectivity index (χ0n) is 13.2. The standard InChI is InChI=1S/C18H21ClN2O/c1-13-6-4-5-7-15(13)11-21(3)12-18(22)20-17-10-16(19)9-8-14(17)2/h4-10H,11-12H2,1-3H3,(H,20,22). The maximum absolute atomic E-state index is 12.2. The summed E-state index contributed by atoms with van der Waals surface area (Å²) in [5.41, 5.74) is 4.23. The zero-order valence-corrected chi connectivity index (χ0v) is 13.9. The van der Waals surface area contributed by atoms with Gasteiger partial charge in [0.25, 0.3) is 0 Å². The number of anilines is 1. The van der Waals surface area contributed by atoms with Crippen molar-refractivity contribution in [3.8, 4) is 0 Å². The van der Waals surface area contributed by atoms with Gasteiger partial charge in [-0.2, -0.15) is 0 Å². The van der Waals surface area contributed by atoms with Gasteiger partial charge in [0.2, 0.25) is 5.91 Å². The highest BCUT2D eigenvalue weighted by Crippen LogP contribution is 2.20. The first-order valence-corrected chi connectivity index (χ1v) is 7.62. The second-order valence-corrected chi connectivity index (χ2v) is 6.04. The van der Waals surface area contributed by atoms with E-state index in [-0.39, 0.29) is 5.91 Å². The molecule has 2 aromatic rings. The number of likely N-dealkylation sites (N-methyl/N-ethyl adjacent to an activating group) is 1. The number of hydrogen-bond donors (Lipinski definition) is 1. The maximum Gasteiger partial charge on any atom is 0.238 e. The van der Waals surface area contributed by atoms with Crippen molar-refractivity contribution < 1.29 is 4.79 Å². The summed E-state index contributed by atoms with van der Waals surface area (Å²) >= 11 is 5.97. The molecule has 2 rings (SSSR count). The van der Waals surface area contributed by atoms with Crippen LogP contribution >= 0.6 is 11.6 Å². The Morgan fingerprint density at radius 1 is 1.14 bits per heavy atom. The van der Waals surface area contributed by atoms with Crippen LogP contribution in [0.1, 0.15) is 16.7 Å². The molecular weight excluding hydrogens is 296 g/mol. The van der Waals surface area contributed by atoms with Gasteiger partial charge in [-0.15, -0.1) is 0 Å². The highest BCUT2D eigenvalue weighted by molar-refractivity contribution is 6.31. The Balaban J connectivity index is 1.94. The van der Waals surface area contributed by atoms with Crippen molar-refractivity contribution in [2.45, 2.75) is 20.4 Å². The van der Waals surface area contributed by atoms with Crippen molar-refractivity contribution in [2.24, 2.45) is 0 Å². The average molecular weight is 317 g/mol. The second kappa shape index (κ2) is 7.43. The van der Waals surface area contributed by atoms with Gasteiger partial charge in [0.1, 0.15) is 0 Å².